The molecule has 0 saturated carbocycles. The summed E-state index contributed by atoms with van der Waals surface area (Å²) in [7, 11) is 1.63. The molecule has 29 heavy (non-hydrogen) atoms. The van der Waals surface area contributed by atoms with E-state index in [1.165, 1.54) is 10.2 Å². The Morgan fingerprint density at radius 3 is 2.55 bits per heavy atom. The van der Waals surface area contributed by atoms with Gasteiger partial charge in [-0.25, -0.2) is 4.68 Å². The van der Waals surface area contributed by atoms with Gasteiger partial charge in [-0.05, 0) is 24.5 Å². The lowest BCUT2D eigenvalue weighted by Gasteiger charge is -2.19. The Labute approximate surface area is 168 Å². The van der Waals surface area contributed by atoms with E-state index in [9.17, 15) is 9.59 Å². The van der Waals surface area contributed by atoms with E-state index in [4.69, 9.17) is 0 Å². The number of amides is 1. The van der Waals surface area contributed by atoms with E-state index in [0.29, 0.717) is 18.5 Å². The van der Waals surface area contributed by atoms with E-state index < -0.39 is 6.04 Å². The summed E-state index contributed by atoms with van der Waals surface area (Å²) in [6.45, 7) is 2.52. The zero-order valence-corrected chi connectivity index (χ0v) is 16.6. The molecule has 4 aromatic rings. The van der Waals surface area contributed by atoms with Crippen LogP contribution in [-0.4, -0.2) is 26.8 Å². The summed E-state index contributed by atoms with van der Waals surface area (Å²) in [5, 5.41) is 8.93. The van der Waals surface area contributed by atoms with Gasteiger partial charge in [0.2, 0.25) is 5.91 Å². The second-order valence-electron chi connectivity index (χ2n) is 7.17. The fourth-order valence-corrected chi connectivity index (χ4v) is 3.89. The van der Waals surface area contributed by atoms with Gasteiger partial charge >= 0.3 is 0 Å². The molecule has 1 atom stereocenters. The van der Waals surface area contributed by atoms with E-state index in [1.54, 1.807) is 13.2 Å². The quantitative estimate of drug-likeness (QED) is 0.551. The van der Waals surface area contributed by atoms with Crippen LogP contribution in [0.2, 0.25) is 0 Å². The van der Waals surface area contributed by atoms with E-state index >= 15 is 0 Å². The molecule has 0 bridgehead atoms. The lowest BCUT2D eigenvalue weighted by Crippen LogP contribution is -2.34. The number of nitrogens with one attached hydrogen (secondary N) is 1. The standard InChI is InChI=1S/C23H24N4O2/c1-3-19(22(28)24-14-13-16-9-5-4-6-10-16)27-20-12-8-7-11-17(20)18-15-25-26(2)23(29)21(18)27/h4-12,15,19H,3,13-14H2,1-2H3,(H,24,28). The Kier molecular flexibility index (Phi) is 5.16. The molecule has 2 heterocycles. The average molecular weight is 388 g/mol. The number of hydrogen-bond donors (Lipinski definition) is 1. The summed E-state index contributed by atoms with van der Waals surface area (Å²) in [4.78, 5) is 26.0. The number of carbonyl (C=O) groups excluding carboxylic acids is 1. The lowest BCUT2D eigenvalue weighted by atomic mass is 10.1. The van der Waals surface area contributed by atoms with Crippen LogP contribution in [0.3, 0.4) is 0 Å². The molecule has 1 unspecified atom stereocenters. The molecule has 6 nitrogen and oxygen atoms in total. The maximum Gasteiger partial charge on any atom is 0.291 e. The highest BCUT2D eigenvalue weighted by atomic mass is 16.2. The summed E-state index contributed by atoms with van der Waals surface area (Å²) in [6, 6.07) is 17.4. The molecule has 0 radical (unpaired) electrons. The van der Waals surface area contributed by atoms with Crippen LogP contribution in [0, 0.1) is 0 Å². The maximum absolute atomic E-state index is 13.1. The van der Waals surface area contributed by atoms with Crippen LogP contribution in [0.4, 0.5) is 0 Å². The zero-order chi connectivity index (χ0) is 20.4. The Hall–Kier alpha value is -3.41. The van der Waals surface area contributed by atoms with Crippen molar-refractivity contribution >= 4 is 27.7 Å². The van der Waals surface area contributed by atoms with Gasteiger partial charge in [-0.15, -0.1) is 0 Å². The third kappa shape index (κ3) is 3.42. The van der Waals surface area contributed by atoms with Gasteiger partial charge in [0.15, 0.2) is 0 Å². The van der Waals surface area contributed by atoms with Gasteiger partial charge in [-0.1, -0.05) is 55.5 Å². The van der Waals surface area contributed by atoms with Crippen LogP contribution in [0.15, 0.2) is 65.6 Å². The van der Waals surface area contributed by atoms with Crippen LogP contribution in [0.25, 0.3) is 21.8 Å². The van der Waals surface area contributed by atoms with Gasteiger partial charge in [0, 0.05) is 24.4 Å². The van der Waals surface area contributed by atoms with Gasteiger partial charge in [-0.3, -0.25) is 9.59 Å². The molecule has 148 valence electrons. The Bertz CT molecular complexity index is 1220. The predicted octanol–water partition coefficient (Wildman–Crippen LogP) is 3.20. The molecule has 0 saturated heterocycles. The summed E-state index contributed by atoms with van der Waals surface area (Å²) >= 11 is 0. The third-order valence-electron chi connectivity index (χ3n) is 5.36. The van der Waals surface area contributed by atoms with Gasteiger partial charge in [0.25, 0.3) is 5.56 Å². The monoisotopic (exact) mass is 388 g/mol. The van der Waals surface area contributed by atoms with E-state index in [2.05, 4.69) is 10.4 Å². The molecule has 1 amide bonds. The smallest absolute Gasteiger partial charge is 0.291 e. The Morgan fingerprint density at radius 1 is 1.07 bits per heavy atom. The fourth-order valence-electron chi connectivity index (χ4n) is 3.89. The summed E-state index contributed by atoms with van der Waals surface area (Å²) in [5.41, 5.74) is 2.37. The first-order valence-corrected chi connectivity index (χ1v) is 9.88. The van der Waals surface area contributed by atoms with Gasteiger partial charge in [-0.2, -0.15) is 5.10 Å². The number of hydrogen-bond acceptors (Lipinski definition) is 3. The van der Waals surface area contributed by atoms with Crippen molar-refractivity contribution in [2.75, 3.05) is 6.54 Å². The molecule has 2 aromatic heterocycles. The van der Waals surface area contributed by atoms with Crippen LogP contribution < -0.4 is 10.9 Å². The highest BCUT2D eigenvalue weighted by Crippen LogP contribution is 2.30. The molecular formula is C23H24N4O2. The minimum absolute atomic E-state index is 0.0788. The van der Waals surface area contributed by atoms with E-state index in [-0.39, 0.29) is 11.5 Å². The minimum Gasteiger partial charge on any atom is -0.354 e. The first-order valence-electron chi connectivity index (χ1n) is 9.88. The average Bonchev–Trinajstić information content (AvgIpc) is 3.07. The normalized spacial score (nSPS) is 12.3. The van der Waals surface area contributed by atoms with Gasteiger partial charge in [0.1, 0.15) is 11.6 Å². The molecular weight excluding hydrogens is 364 g/mol. The summed E-state index contributed by atoms with van der Waals surface area (Å²) in [5.74, 6) is -0.0788. The van der Waals surface area contributed by atoms with Crippen molar-refractivity contribution in [3.63, 3.8) is 0 Å². The number of nitrogens with zero attached hydrogens (tertiary/aromatic N) is 3. The van der Waals surface area contributed by atoms with Crippen LogP contribution >= 0.6 is 0 Å². The highest BCUT2D eigenvalue weighted by molar-refractivity contribution is 6.08. The first kappa shape index (κ1) is 18.9. The molecule has 0 fully saturated rings. The first-order chi connectivity index (χ1) is 14.1. The molecule has 0 aliphatic rings. The van der Waals surface area contributed by atoms with Crippen LogP contribution in [-0.2, 0) is 18.3 Å². The summed E-state index contributed by atoms with van der Waals surface area (Å²) in [6.07, 6.45) is 3.05. The number of aromatic nitrogens is 3. The zero-order valence-electron chi connectivity index (χ0n) is 16.6. The van der Waals surface area contributed by atoms with Crippen molar-refractivity contribution in [1.29, 1.82) is 0 Å². The number of carbonyl (C=O) groups is 1. The van der Waals surface area contributed by atoms with Gasteiger partial charge in [0.05, 0.1) is 11.7 Å². The second-order valence-corrected chi connectivity index (χ2v) is 7.17. The Balaban J connectivity index is 1.71. The number of benzene rings is 2. The van der Waals surface area contributed by atoms with Crippen molar-refractivity contribution in [3.8, 4) is 0 Å². The Morgan fingerprint density at radius 2 is 1.79 bits per heavy atom. The lowest BCUT2D eigenvalue weighted by molar-refractivity contribution is -0.124. The molecule has 4 rings (SSSR count). The predicted molar refractivity (Wildman–Crippen MR) is 115 cm³/mol. The second kappa shape index (κ2) is 7.91. The minimum atomic E-state index is -0.469. The van der Waals surface area contributed by atoms with Crippen LogP contribution in [0.5, 0.6) is 0 Å². The molecule has 0 aliphatic heterocycles. The topological polar surface area (TPSA) is 68.9 Å². The maximum atomic E-state index is 13.1. The van der Waals surface area contributed by atoms with E-state index in [1.807, 2.05) is 66.1 Å². The number of aryl methyl sites for hydroxylation is 1. The van der Waals surface area contributed by atoms with Crippen molar-refractivity contribution in [2.45, 2.75) is 25.8 Å². The van der Waals surface area contributed by atoms with Crippen LogP contribution in [0.1, 0.15) is 24.9 Å². The van der Waals surface area contributed by atoms with Crippen molar-refractivity contribution < 1.29 is 4.79 Å². The fraction of sp³-hybridized carbons (Fsp3) is 0.261. The number of rotatable bonds is 6. The molecule has 0 spiro atoms. The summed E-state index contributed by atoms with van der Waals surface area (Å²) < 4.78 is 3.20. The molecule has 6 heteroatoms. The molecule has 2 aromatic carbocycles. The molecule has 0 aliphatic carbocycles. The highest BCUT2D eigenvalue weighted by Gasteiger charge is 2.25. The van der Waals surface area contributed by atoms with Gasteiger partial charge < -0.3 is 9.88 Å². The molecule has 1 N–H and O–H groups in total. The van der Waals surface area contributed by atoms with Crippen molar-refractivity contribution in [1.82, 2.24) is 19.7 Å². The SMILES string of the molecule is CCC(C(=O)NCCc1ccccc1)n1c2ccccc2c2cnn(C)c(=O)c21. The third-order valence-corrected chi connectivity index (χ3v) is 5.36. The number of fused-ring (bicyclic) bond motifs is 3. The largest absolute Gasteiger partial charge is 0.354 e. The van der Waals surface area contributed by atoms with Crippen molar-refractivity contribution in [3.05, 3.63) is 76.7 Å². The van der Waals surface area contributed by atoms with E-state index in [0.717, 1.165) is 22.7 Å². The van der Waals surface area contributed by atoms with Crippen molar-refractivity contribution in [2.24, 2.45) is 7.05 Å². The number of para-hydroxylation sites is 1.